The van der Waals surface area contributed by atoms with Crippen molar-refractivity contribution in [2.75, 3.05) is 0 Å². The summed E-state index contributed by atoms with van der Waals surface area (Å²) in [5, 5.41) is 0. The van der Waals surface area contributed by atoms with Crippen molar-refractivity contribution in [3.8, 4) is 0 Å². The summed E-state index contributed by atoms with van der Waals surface area (Å²) in [7, 11) is 0. The molecule has 0 aromatic rings. The molecule has 0 nitrogen and oxygen atoms in total. The third kappa shape index (κ3) is 2.38. The van der Waals surface area contributed by atoms with Gasteiger partial charge < -0.3 is 0 Å². The Morgan fingerprint density at radius 3 is 1.33 bits per heavy atom. The first-order valence-corrected chi connectivity index (χ1v) is 3.33. The lowest BCUT2D eigenvalue weighted by Crippen LogP contribution is -1.92. The van der Waals surface area contributed by atoms with E-state index in [1.54, 1.807) is 0 Å². The fraction of sp³-hybridized carbons (Fsp3) is 1.00. The van der Waals surface area contributed by atoms with Crippen LogP contribution in [0.1, 0.15) is 54.4 Å². The number of hydrogen-bond donors (Lipinski definition) is 0. The molecule has 0 heteroatoms. The molecule has 0 radical (unpaired) electrons. The van der Waals surface area contributed by atoms with Crippen molar-refractivity contribution in [1.82, 2.24) is 0 Å². The predicted octanol–water partition coefficient (Wildman–Crippen LogP) is 3.86. The van der Waals surface area contributed by atoms with E-state index in [9.17, 15) is 0 Å². The van der Waals surface area contributed by atoms with E-state index in [4.69, 9.17) is 0 Å². The molecular formula is C9H22. The molecule has 0 aliphatic heterocycles. The second-order valence-corrected chi connectivity index (χ2v) is 2.71. The molecule has 0 spiro atoms. The van der Waals surface area contributed by atoms with E-state index in [-0.39, 0.29) is 14.9 Å². The molecular weight excluding hydrogens is 108 g/mol. The molecule has 0 atom stereocenters. The average molecular weight is 130 g/mol. The summed E-state index contributed by atoms with van der Waals surface area (Å²) in [5.74, 6) is 0. The van der Waals surface area contributed by atoms with Gasteiger partial charge in [0.25, 0.3) is 0 Å². The Bertz CT molecular complexity index is 54.4. The van der Waals surface area contributed by atoms with Crippen molar-refractivity contribution in [2.45, 2.75) is 54.4 Å². The third-order valence-corrected chi connectivity index (χ3v) is 2.46. The highest BCUT2D eigenvalue weighted by atomic mass is 14.4. The Morgan fingerprint density at radius 1 is 1.00 bits per heavy atom. The fourth-order valence-electron chi connectivity index (χ4n) is 1.13. The summed E-state index contributed by atoms with van der Waals surface area (Å²) in [5.41, 5.74) is 0.833. The summed E-state index contributed by atoms with van der Waals surface area (Å²) in [6.45, 7) is 4.60. The molecule has 0 bridgehead atoms. The van der Waals surface area contributed by atoms with E-state index >= 15 is 0 Å². The van der Waals surface area contributed by atoms with Gasteiger partial charge in [0.15, 0.2) is 0 Å². The Morgan fingerprint density at radius 2 is 1.33 bits per heavy atom. The average Bonchev–Trinajstić information content (AvgIpc) is 2.46. The van der Waals surface area contributed by atoms with Gasteiger partial charge in [-0.25, -0.2) is 0 Å². The van der Waals surface area contributed by atoms with Crippen molar-refractivity contribution >= 4 is 0 Å². The van der Waals surface area contributed by atoms with E-state index in [1.165, 1.54) is 25.7 Å². The van der Waals surface area contributed by atoms with E-state index in [0.717, 1.165) is 5.41 Å². The second-order valence-electron chi connectivity index (χ2n) is 2.71. The fourth-order valence-corrected chi connectivity index (χ4v) is 1.13. The smallest absolute Gasteiger partial charge is 0.0302 e. The van der Waals surface area contributed by atoms with E-state index in [1.807, 2.05) is 0 Å². The largest absolute Gasteiger partial charge is 0.0776 e. The number of hydrogen-bond acceptors (Lipinski definition) is 0. The maximum Gasteiger partial charge on any atom is -0.0302 e. The van der Waals surface area contributed by atoms with Gasteiger partial charge in [0.1, 0.15) is 0 Å². The standard InChI is InChI=1S/C7H14.2CH4/c1-3-7(4-2)5-6-7;;/h3-6H2,1-2H3;2*1H4. The summed E-state index contributed by atoms with van der Waals surface area (Å²) in [4.78, 5) is 0. The molecule has 1 fully saturated rings. The van der Waals surface area contributed by atoms with Crippen LogP contribution < -0.4 is 0 Å². The van der Waals surface area contributed by atoms with Crippen molar-refractivity contribution in [3.63, 3.8) is 0 Å². The van der Waals surface area contributed by atoms with Gasteiger partial charge in [-0.1, -0.05) is 41.5 Å². The zero-order valence-electron chi connectivity index (χ0n) is 5.33. The van der Waals surface area contributed by atoms with Crippen molar-refractivity contribution < 1.29 is 0 Å². The van der Waals surface area contributed by atoms with Crippen molar-refractivity contribution in [1.29, 1.82) is 0 Å². The van der Waals surface area contributed by atoms with Crippen LogP contribution in [0.4, 0.5) is 0 Å². The lowest BCUT2D eigenvalue weighted by atomic mass is 10.0. The van der Waals surface area contributed by atoms with Gasteiger partial charge in [0, 0.05) is 0 Å². The summed E-state index contributed by atoms with van der Waals surface area (Å²) < 4.78 is 0. The van der Waals surface area contributed by atoms with Crippen LogP contribution in [0.5, 0.6) is 0 Å². The minimum Gasteiger partial charge on any atom is -0.0776 e. The molecule has 0 aromatic heterocycles. The molecule has 1 rings (SSSR count). The zero-order chi connectivity index (χ0) is 5.33. The number of rotatable bonds is 2. The molecule has 9 heavy (non-hydrogen) atoms. The summed E-state index contributed by atoms with van der Waals surface area (Å²) in [6, 6.07) is 0. The Kier molecular flexibility index (Phi) is 5.12. The maximum absolute atomic E-state index is 2.30. The Hall–Kier alpha value is 0. The van der Waals surface area contributed by atoms with Gasteiger partial charge in [0.05, 0.1) is 0 Å². The molecule has 0 saturated heterocycles. The van der Waals surface area contributed by atoms with Gasteiger partial charge in [-0.15, -0.1) is 0 Å². The minimum absolute atomic E-state index is 0. The highest BCUT2D eigenvalue weighted by Gasteiger charge is 2.37. The van der Waals surface area contributed by atoms with Gasteiger partial charge in [-0.2, -0.15) is 0 Å². The molecule has 0 N–H and O–H groups in total. The lowest BCUT2D eigenvalue weighted by Gasteiger charge is -2.04. The van der Waals surface area contributed by atoms with Crippen LogP contribution in [0.25, 0.3) is 0 Å². The van der Waals surface area contributed by atoms with E-state index < -0.39 is 0 Å². The molecule has 0 unspecified atom stereocenters. The van der Waals surface area contributed by atoms with Crippen LogP contribution in [0.15, 0.2) is 0 Å². The van der Waals surface area contributed by atoms with Gasteiger partial charge in [-0.3, -0.25) is 0 Å². The Labute approximate surface area is 60.7 Å². The molecule has 1 aliphatic rings. The molecule has 0 amide bonds. The van der Waals surface area contributed by atoms with E-state index in [2.05, 4.69) is 13.8 Å². The molecule has 0 heterocycles. The van der Waals surface area contributed by atoms with Crippen LogP contribution in [0.3, 0.4) is 0 Å². The normalized spacial score (nSPS) is 19.3. The summed E-state index contributed by atoms with van der Waals surface area (Å²) in [6.07, 6.45) is 5.81. The van der Waals surface area contributed by atoms with Crippen LogP contribution in [0, 0.1) is 5.41 Å². The molecule has 0 aromatic carbocycles. The molecule has 58 valence electrons. The first-order valence-electron chi connectivity index (χ1n) is 3.33. The van der Waals surface area contributed by atoms with Crippen LogP contribution >= 0.6 is 0 Å². The van der Waals surface area contributed by atoms with Gasteiger partial charge in [0.2, 0.25) is 0 Å². The molecule has 1 aliphatic carbocycles. The highest BCUT2D eigenvalue weighted by Crippen LogP contribution is 2.51. The second kappa shape index (κ2) is 3.92. The van der Waals surface area contributed by atoms with Crippen LogP contribution in [0.2, 0.25) is 0 Å². The van der Waals surface area contributed by atoms with Crippen molar-refractivity contribution in [3.05, 3.63) is 0 Å². The van der Waals surface area contributed by atoms with E-state index in [0.29, 0.717) is 0 Å². The lowest BCUT2D eigenvalue weighted by molar-refractivity contribution is 0.474. The Balaban J connectivity index is 0. The zero-order valence-corrected chi connectivity index (χ0v) is 5.33. The van der Waals surface area contributed by atoms with Gasteiger partial charge >= 0.3 is 0 Å². The third-order valence-electron chi connectivity index (χ3n) is 2.46. The van der Waals surface area contributed by atoms with Gasteiger partial charge in [-0.05, 0) is 18.3 Å². The predicted molar refractivity (Wildman–Crippen MR) is 45.7 cm³/mol. The first kappa shape index (κ1) is 11.8. The first-order chi connectivity index (χ1) is 3.33. The summed E-state index contributed by atoms with van der Waals surface area (Å²) >= 11 is 0. The monoisotopic (exact) mass is 130 g/mol. The molecule has 1 saturated carbocycles. The van der Waals surface area contributed by atoms with Crippen LogP contribution in [-0.2, 0) is 0 Å². The minimum atomic E-state index is 0. The van der Waals surface area contributed by atoms with Crippen LogP contribution in [-0.4, -0.2) is 0 Å². The topological polar surface area (TPSA) is 0 Å². The highest BCUT2D eigenvalue weighted by molar-refractivity contribution is 4.89. The maximum atomic E-state index is 2.30. The van der Waals surface area contributed by atoms with Crippen molar-refractivity contribution in [2.24, 2.45) is 5.41 Å². The quantitative estimate of drug-likeness (QED) is 0.532. The SMILES string of the molecule is C.C.CCC1(CC)CC1.